The number of rotatable bonds is 8. The first-order chi connectivity index (χ1) is 9.38. The Balaban J connectivity index is 1.48. The molecule has 0 saturated carbocycles. The summed E-state index contributed by atoms with van der Waals surface area (Å²) in [6.07, 6.45) is 2.45. The van der Waals surface area contributed by atoms with Gasteiger partial charge in [0.15, 0.2) is 0 Å². The van der Waals surface area contributed by atoms with E-state index < -0.39 is 0 Å². The Morgan fingerprint density at radius 2 is 1.84 bits per heavy atom. The van der Waals surface area contributed by atoms with Crippen molar-refractivity contribution in [1.82, 2.24) is 15.1 Å². The molecule has 1 aliphatic heterocycles. The highest BCUT2D eigenvalue weighted by Gasteiger charge is 2.14. The Hall–Kier alpha value is -0.420. The summed E-state index contributed by atoms with van der Waals surface area (Å²) in [5.41, 5.74) is 0. The summed E-state index contributed by atoms with van der Waals surface area (Å²) in [6.45, 7) is 12.0. The normalized spacial score (nSPS) is 17.9. The van der Waals surface area contributed by atoms with Gasteiger partial charge >= 0.3 is 0 Å². The average Bonchev–Trinajstić information content (AvgIpc) is 2.94. The lowest BCUT2D eigenvalue weighted by molar-refractivity contribution is 0.133. The van der Waals surface area contributed by atoms with Gasteiger partial charge in [-0.2, -0.15) is 0 Å². The highest BCUT2D eigenvalue weighted by atomic mass is 32.1. The zero-order chi connectivity index (χ0) is 13.3. The molecule has 2 heterocycles. The second-order valence-corrected chi connectivity index (χ2v) is 6.29. The molecule has 1 aliphatic rings. The van der Waals surface area contributed by atoms with Gasteiger partial charge in [-0.15, -0.1) is 11.3 Å². The topological polar surface area (TPSA) is 18.5 Å². The van der Waals surface area contributed by atoms with Gasteiger partial charge in [0.1, 0.15) is 0 Å². The molecule has 2 rings (SSSR count). The molecule has 1 saturated heterocycles. The standard InChI is InChI=1S/C15H27N3S/c1-2-8-17-10-12-18(13-11-17)9-7-16-6-5-15-4-3-14-19-15/h3-4,14,16H,2,5-13H2,1H3. The van der Waals surface area contributed by atoms with Gasteiger partial charge in [-0.1, -0.05) is 13.0 Å². The molecule has 0 atom stereocenters. The van der Waals surface area contributed by atoms with E-state index in [-0.39, 0.29) is 0 Å². The third-order valence-electron chi connectivity index (χ3n) is 3.74. The quantitative estimate of drug-likeness (QED) is 0.734. The van der Waals surface area contributed by atoms with Gasteiger partial charge in [-0.25, -0.2) is 0 Å². The molecule has 108 valence electrons. The molecule has 0 bridgehead atoms. The highest BCUT2D eigenvalue weighted by molar-refractivity contribution is 7.09. The summed E-state index contributed by atoms with van der Waals surface area (Å²) in [7, 11) is 0. The zero-order valence-corrected chi connectivity index (χ0v) is 12.9. The fourth-order valence-corrected chi connectivity index (χ4v) is 3.29. The molecular weight excluding hydrogens is 254 g/mol. The largest absolute Gasteiger partial charge is 0.315 e. The van der Waals surface area contributed by atoms with E-state index in [1.165, 1.54) is 57.0 Å². The van der Waals surface area contributed by atoms with Gasteiger partial charge < -0.3 is 10.2 Å². The SMILES string of the molecule is CCCN1CCN(CCNCCc2cccs2)CC1. The van der Waals surface area contributed by atoms with Crippen molar-refractivity contribution in [3.05, 3.63) is 22.4 Å². The first kappa shape index (κ1) is 15.0. The number of piperazine rings is 1. The van der Waals surface area contributed by atoms with Crippen molar-refractivity contribution in [3.8, 4) is 0 Å². The summed E-state index contributed by atoms with van der Waals surface area (Å²) in [5, 5.41) is 5.72. The van der Waals surface area contributed by atoms with Crippen LogP contribution in [0, 0.1) is 0 Å². The summed E-state index contributed by atoms with van der Waals surface area (Å²) >= 11 is 1.86. The summed E-state index contributed by atoms with van der Waals surface area (Å²) in [4.78, 5) is 6.66. The van der Waals surface area contributed by atoms with Crippen LogP contribution in [-0.2, 0) is 6.42 Å². The van der Waals surface area contributed by atoms with E-state index in [4.69, 9.17) is 0 Å². The molecular formula is C15H27N3S. The van der Waals surface area contributed by atoms with Crippen molar-refractivity contribution in [2.45, 2.75) is 19.8 Å². The Labute approximate surface area is 121 Å². The molecule has 1 aromatic rings. The fourth-order valence-electron chi connectivity index (χ4n) is 2.58. The number of nitrogens with zero attached hydrogens (tertiary/aromatic N) is 2. The van der Waals surface area contributed by atoms with Crippen molar-refractivity contribution < 1.29 is 0 Å². The maximum atomic E-state index is 3.56. The van der Waals surface area contributed by atoms with Crippen LogP contribution >= 0.6 is 11.3 Å². The Morgan fingerprint density at radius 3 is 2.47 bits per heavy atom. The average molecular weight is 281 g/mol. The van der Waals surface area contributed by atoms with Gasteiger partial charge in [0.2, 0.25) is 0 Å². The van der Waals surface area contributed by atoms with E-state index in [0.717, 1.165) is 13.1 Å². The summed E-state index contributed by atoms with van der Waals surface area (Å²) < 4.78 is 0. The van der Waals surface area contributed by atoms with Gasteiger partial charge in [0, 0.05) is 50.7 Å². The van der Waals surface area contributed by atoms with Crippen LogP contribution in [0.2, 0.25) is 0 Å². The maximum Gasteiger partial charge on any atom is 0.0110 e. The van der Waals surface area contributed by atoms with Gasteiger partial charge in [-0.3, -0.25) is 4.90 Å². The van der Waals surface area contributed by atoms with Gasteiger partial charge in [0.05, 0.1) is 0 Å². The molecule has 0 radical (unpaired) electrons. The number of thiophene rings is 1. The Morgan fingerprint density at radius 1 is 1.11 bits per heavy atom. The van der Waals surface area contributed by atoms with E-state index in [2.05, 4.69) is 39.6 Å². The molecule has 4 heteroatoms. The third kappa shape index (κ3) is 5.61. The Bertz CT molecular complexity index is 318. The number of nitrogens with one attached hydrogen (secondary N) is 1. The molecule has 1 aromatic heterocycles. The summed E-state index contributed by atoms with van der Waals surface area (Å²) in [6, 6.07) is 4.36. The maximum absolute atomic E-state index is 3.56. The molecule has 0 amide bonds. The smallest absolute Gasteiger partial charge is 0.0110 e. The minimum atomic E-state index is 1.11. The predicted octanol–water partition coefficient (Wildman–Crippen LogP) is 1.91. The van der Waals surface area contributed by atoms with Crippen molar-refractivity contribution >= 4 is 11.3 Å². The fraction of sp³-hybridized carbons (Fsp3) is 0.733. The lowest BCUT2D eigenvalue weighted by Gasteiger charge is -2.34. The zero-order valence-electron chi connectivity index (χ0n) is 12.1. The van der Waals surface area contributed by atoms with Crippen LogP contribution < -0.4 is 5.32 Å². The monoisotopic (exact) mass is 281 g/mol. The first-order valence-electron chi connectivity index (χ1n) is 7.56. The van der Waals surface area contributed by atoms with Crippen molar-refractivity contribution in [1.29, 1.82) is 0 Å². The van der Waals surface area contributed by atoms with Crippen molar-refractivity contribution in [3.63, 3.8) is 0 Å². The van der Waals surface area contributed by atoms with Crippen LogP contribution in [0.1, 0.15) is 18.2 Å². The molecule has 0 aliphatic carbocycles. The first-order valence-corrected chi connectivity index (χ1v) is 8.44. The number of hydrogen-bond donors (Lipinski definition) is 1. The van der Waals surface area contributed by atoms with Gasteiger partial charge in [0.25, 0.3) is 0 Å². The molecule has 0 spiro atoms. The van der Waals surface area contributed by atoms with Crippen LogP contribution in [0.4, 0.5) is 0 Å². The second-order valence-electron chi connectivity index (χ2n) is 5.26. The lowest BCUT2D eigenvalue weighted by Crippen LogP contribution is -2.48. The van der Waals surface area contributed by atoms with Gasteiger partial charge in [-0.05, 0) is 30.8 Å². The van der Waals surface area contributed by atoms with Crippen LogP contribution in [-0.4, -0.2) is 62.2 Å². The van der Waals surface area contributed by atoms with E-state index >= 15 is 0 Å². The van der Waals surface area contributed by atoms with E-state index in [1.54, 1.807) is 0 Å². The minimum absolute atomic E-state index is 1.11. The third-order valence-corrected chi connectivity index (χ3v) is 4.67. The molecule has 19 heavy (non-hydrogen) atoms. The highest BCUT2D eigenvalue weighted by Crippen LogP contribution is 2.08. The Kier molecular flexibility index (Phi) is 6.85. The van der Waals surface area contributed by atoms with E-state index in [0.29, 0.717) is 0 Å². The van der Waals surface area contributed by atoms with Crippen LogP contribution in [0.5, 0.6) is 0 Å². The molecule has 0 aromatic carbocycles. The summed E-state index contributed by atoms with van der Waals surface area (Å²) in [5.74, 6) is 0. The lowest BCUT2D eigenvalue weighted by atomic mass is 10.3. The molecule has 0 unspecified atom stereocenters. The number of hydrogen-bond acceptors (Lipinski definition) is 4. The van der Waals surface area contributed by atoms with E-state index in [1.807, 2.05) is 11.3 Å². The van der Waals surface area contributed by atoms with Crippen LogP contribution in [0.25, 0.3) is 0 Å². The minimum Gasteiger partial charge on any atom is -0.315 e. The van der Waals surface area contributed by atoms with Crippen molar-refractivity contribution in [2.24, 2.45) is 0 Å². The van der Waals surface area contributed by atoms with Crippen LogP contribution in [0.15, 0.2) is 17.5 Å². The van der Waals surface area contributed by atoms with Crippen LogP contribution in [0.3, 0.4) is 0 Å². The molecule has 1 fully saturated rings. The van der Waals surface area contributed by atoms with E-state index in [9.17, 15) is 0 Å². The second kappa shape index (κ2) is 8.69. The van der Waals surface area contributed by atoms with Crippen molar-refractivity contribution in [2.75, 3.05) is 52.4 Å². The predicted molar refractivity (Wildman–Crippen MR) is 84.1 cm³/mol. The molecule has 1 N–H and O–H groups in total. The molecule has 3 nitrogen and oxygen atoms in total.